The van der Waals surface area contributed by atoms with Crippen LogP contribution < -0.4 is 74.9 Å². The van der Waals surface area contributed by atoms with Crippen LogP contribution in [-0.4, -0.2) is 355 Å². The summed E-state index contributed by atoms with van der Waals surface area (Å²) in [6.07, 6.45) is -51.8. The number of nitrogens with zero attached hydrogens (tertiary/aromatic N) is 6. The quantitative estimate of drug-likeness (QED) is 0.0525. The van der Waals surface area contributed by atoms with Gasteiger partial charge in [0.25, 0.3) is 0 Å². The molecule has 57 heteroatoms. The number of rotatable bonds is 17. The highest BCUT2D eigenvalue weighted by Gasteiger charge is 2.58. The first-order chi connectivity index (χ1) is 67.0. The van der Waals surface area contributed by atoms with Gasteiger partial charge in [-0.1, -0.05) is 0 Å². The highest BCUT2D eigenvalue weighted by molar-refractivity contribution is 6.03. The Morgan fingerprint density at radius 1 is 0.257 bits per heavy atom. The standard InChI is InChI=1S/C91H158N20O37/c1-80(2,3)137-68(119)100-62(101-69(120)138-81(4,5)6)94-39-44-51(114)53(116)48(98-66(108-76(127)145-88(25,26)27)109-77(128)146-89(28,29)30)59(131-44)134-56-43(97-65(106-74(125)143-86(19,20)21)107-75(126)144-87(22,23)24)37-42(96-64(104-72(123)141-84(13,14)15)105-73(124)142-85(16,17)18)50(113)58(56)136-61-55(118)57(46(133-61)41-93-47(112)38-92)135-60-49(99-67(110-78(129)147-90(31,32)33)111-79(130)148-91(34,35)36)54(117)52(115)45(132-60)40-95-63(102-70(121)139-82(7,8)9)103-71(122)140-83(10,11)12/h42-46,48-61,113-118H,37-41,92H2,1-36H3,(H,93,112)(H2,94,100,101,119,120)(H2,95,102,103,121,122)(H2,96,104,105,123,124)(H2,97,106,107,125,126)(H2,98,108,109,127,128)(H2,99,110,111,129,130)/t42-,43?,44?,45?,46-,48?,49?,50?,51-,52?,53?,54?,55+,56-,57?,58?,59-,60?,61+/m1/s1. The summed E-state index contributed by atoms with van der Waals surface area (Å²) < 4.78 is 107. The fourth-order valence-electron chi connectivity index (χ4n) is 12.8. The number of alkyl carbamates (subject to hydrolysis) is 6. The fourth-order valence-corrected chi connectivity index (χ4v) is 12.8. The molecule has 0 bridgehead atoms. The van der Waals surface area contributed by atoms with E-state index in [1.54, 1.807) is 0 Å². The smallest absolute Gasteiger partial charge is 0.437 e. The van der Waals surface area contributed by atoms with Crippen LogP contribution in [0.3, 0.4) is 0 Å². The van der Waals surface area contributed by atoms with Crippen molar-refractivity contribution in [2.45, 2.75) is 439 Å². The number of aliphatic hydroxyl groups excluding tert-OH is 6. The van der Waals surface area contributed by atoms with Crippen LogP contribution in [0.15, 0.2) is 30.0 Å². The van der Waals surface area contributed by atoms with Crippen molar-refractivity contribution in [3.05, 3.63) is 0 Å². The van der Waals surface area contributed by atoms with E-state index in [9.17, 15) is 93.0 Å². The van der Waals surface area contributed by atoms with E-state index >= 15 is 0 Å². The second-order valence-electron chi connectivity index (χ2n) is 46.1. The maximum absolute atomic E-state index is 14.4. The van der Waals surface area contributed by atoms with Crippen molar-refractivity contribution in [1.29, 1.82) is 0 Å². The number of guanidine groups is 6. The molecule has 19 atom stereocenters. The van der Waals surface area contributed by atoms with Gasteiger partial charge >= 0.3 is 73.1 Å². The van der Waals surface area contributed by atoms with E-state index in [2.05, 4.69) is 99.1 Å². The van der Waals surface area contributed by atoms with Crippen LogP contribution in [-0.2, 0) is 90.1 Å². The van der Waals surface area contributed by atoms with Crippen molar-refractivity contribution < 1.29 is 178 Å². The number of aliphatic imine (C=N–C) groups is 6. The summed E-state index contributed by atoms with van der Waals surface area (Å²) in [5, 5.41) is 111. The van der Waals surface area contributed by atoms with E-state index in [0.717, 1.165) is 0 Å². The molecule has 0 aromatic rings. The molecule has 844 valence electrons. The van der Waals surface area contributed by atoms with Crippen LogP contribution in [0, 0.1) is 0 Å². The number of amides is 13. The maximum atomic E-state index is 14.4. The monoisotopic (exact) mass is 2120 g/mol. The van der Waals surface area contributed by atoms with Crippen LogP contribution in [0.1, 0.15) is 256 Å². The van der Waals surface area contributed by atoms with Crippen LogP contribution in [0.2, 0.25) is 0 Å². The van der Waals surface area contributed by atoms with Crippen molar-refractivity contribution in [2.24, 2.45) is 35.7 Å². The Morgan fingerprint density at radius 2 is 0.480 bits per heavy atom. The Hall–Kier alpha value is -11.8. The largest absolute Gasteiger partial charge is 0.444 e. The summed E-state index contributed by atoms with van der Waals surface area (Å²) in [5.74, 6) is -6.19. The predicted molar refractivity (Wildman–Crippen MR) is 525 cm³/mol. The third-order valence-corrected chi connectivity index (χ3v) is 17.7. The van der Waals surface area contributed by atoms with Gasteiger partial charge in [-0.3, -0.25) is 36.7 Å². The Balaban J connectivity index is 2.43. The number of carbonyl (C=O) groups excluding carboxylic acids is 13. The van der Waals surface area contributed by atoms with Crippen LogP contribution in [0.25, 0.3) is 0 Å². The molecule has 3 heterocycles. The highest BCUT2D eigenvalue weighted by Crippen LogP contribution is 2.37. The number of aliphatic hydroxyl groups is 6. The second-order valence-corrected chi connectivity index (χ2v) is 46.1. The predicted octanol–water partition coefficient (Wildman–Crippen LogP) is 4.87. The minimum atomic E-state index is -2.53. The Bertz CT molecular complexity index is 4750. The first-order valence-electron chi connectivity index (χ1n) is 47.4. The van der Waals surface area contributed by atoms with Crippen LogP contribution in [0.4, 0.5) is 57.5 Å². The molecule has 4 fully saturated rings. The number of carbonyl (C=O) groups is 13. The number of ether oxygens (including phenoxy) is 18. The number of nitrogens with one attached hydrogen (secondary N) is 13. The van der Waals surface area contributed by atoms with E-state index in [1.165, 1.54) is 249 Å². The lowest BCUT2D eigenvalue weighted by Crippen LogP contribution is -2.71. The summed E-state index contributed by atoms with van der Waals surface area (Å²) in [6.45, 7) is 49.6. The van der Waals surface area contributed by atoms with Crippen LogP contribution >= 0.6 is 0 Å². The Labute approximate surface area is 859 Å². The SMILES string of the molecule is CC(C)(C)OC(=O)/N=C(/NCC1O[C@H](O[C@@H]2C(N/C(=N/C(=O)OC(C)(C)C)NC(=O)OC(C)(C)C)C[C@@H](N/C(=N\C(=O)OC(C)(C)C)NC(=O)OC(C)(C)C)C(O)C2O[C@@H]2O[C@H](CNC(=O)CN)C(OC3OC(CN/C(=N\C(=O)OC(C)(C)C)NC(=O)OC(C)(C)C)C(O)C(O)C3N/C(=N\C(=O)OC(C)(C)C)NC(=O)OC(C)(C)C)[C@@H]2O)C(N/C(=N/C(=O)OC(C)(C)C)NC(=O)OC(C)(C)C)C(O)[C@@H]1O)NC(=O)OC(C)(C)C. The molecule has 0 aromatic heterocycles. The lowest BCUT2D eigenvalue weighted by molar-refractivity contribution is -0.310. The molecular weight excluding hydrogens is 1970 g/mol. The van der Waals surface area contributed by atoms with Gasteiger partial charge < -0.3 is 159 Å². The van der Waals surface area contributed by atoms with Gasteiger partial charge in [-0.25, -0.2) is 57.5 Å². The summed E-state index contributed by atoms with van der Waals surface area (Å²) in [4.78, 5) is 205. The Morgan fingerprint density at radius 3 is 0.743 bits per heavy atom. The topological polar surface area (TPSA) is 766 Å². The minimum absolute atomic E-state index is 0.723. The van der Waals surface area contributed by atoms with E-state index in [-0.39, 0.29) is 0 Å². The Kier molecular flexibility index (Phi) is 45.2. The summed E-state index contributed by atoms with van der Waals surface area (Å²) >= 11 is 0. The summed E-state index contributed by atoms with van der Waals surface area (Å²) in [6, 6.07) is -8.44. The van der Waals surface area contributed by atoms with E-state index in [4.69, 9.17) is 91.0 Å². The number of nitrogens with two attached hydrogens (primary N) is 1. The van der Waals surface area contributed by atoms with Gasteiger partial charge in [0, 0.05) is 19.6 Å². The van der Waals surface area contributed by atoms with Crippen molar-refractivity contribution in [1.82, 2.24) is 69.1 Å². The third kappa shape index (κ3) is 50.5. The highest BCUT2D eigenvalue weighted by atomic mass is 16.8. The first kappa shape index (κ1) is 128. The van der Waals surface area contributed by atoms with Crippen molar-refractivity contribution in [3.8, 4) is 0 Å². The van der Waals surface area contributed by atoms with Crippen molar-refractivity contribution in [2.75, 3.05) is 26.2 Å². The lowest BCUT2D eigenvalue weighted by Gasteiger charge is -2.49. The summed E-state index contributed by atoms with van der Waals surface area (Å²) in [7, 11) is 0. The molecule has 148 heavy (non-hydrogen) atoms. The van der Waals surface area contributed by atoms with E-state index in [0.29, 0.717) is 0 Å². The third-order valence-electron chi connectivity index (χ3n) is 17.7. The maximum Gasteiger partial charge on any atom is 0.437 e. The molecule has 4 rings (SSSR count). The van der Waals surface area contributed by atoms with Gasteiger partial charge in [0.15, 0.2) is 18.9 Å². The molecular formula is C91H158N20O37. The van der Waals surface area contributed by atoms with Crippen molar-refractivity contribution >= 4 is 115 Å². The number of hydrogen-bond acceptors (Lipinski definition) is 38. The molecule has 21 N–H and O–H groups in total. The molecule has 3 saturated heterocycles. The van der Waals surface area contributed by atoms with Gasteiger partial charge in [0.05, 0.1) is 18.6 Å². The van der Waals surface area contributed by atoms with Gasteiger partial charge in [-0.15, -0.1) is 30.0 Å². The lowest BCUT2D eigenvalue weighted by atomic mass is 9.83. The van der Waals surface area contributed by atoms with Gasteiger partial charge in [0.2, 0.25) is 41.7 Å². The average Bonchev–Trinajstić information content (AvgIpc) is 1.20. The molecule has 4 aliphatic rings. The average molecular weight is 2120 g/mol. The molecule has 13 amide bonds. The van der Waals surface area contributed by atoms with Gasteiger partial charge in [-0.2, -0.15) is 0 Å². The molecule has 1 aliphatic carbocycles. The number of hydrogen-bond donors (Lipinski definition) is 20. The molecule has 0 radical (unpaired) electrons. The fraction of sp³-hybridized carbons (Fsp3) is 0.791. The zero-order valence-corrected chi connectivity index (χ0v) is 91.1. The molecule has 0 spiro atoms. The minimum Gasteiger partial charge on any atom is -0.444 e. The molecule has 0 aromatic carbocycles. The molecule has 12 unspecified atom stereocenters. The molecule has 57 nitrogen and oxygen atoms in total. The van der Waals surface area contributed by atoms with E-state index < -0.39 is 331 Å². The molecule has 3 aliphatic heterocycles. The zero-order chi connectivity index (χ0) is 114. The first-order valence-corrected chi connectivity index (χ1v) is 47.4. The van der Waals surface area contributed by atoms with Crippen LogP contribution in [0.5, 0.6) is 0 Å². The van der Waals surface area contributed by atoms with Gasteiger partial charge in [0.1, 0.15) is 153 Å². The van der Waals surface area contributed by atoms with Gasteiger partial charge in [-0.05, 0) is 256 Å². The van der Waals surface area contributed by atoms with E-state index in [1.807, 2.05) is 0 Å². The summed E-state index contributed by atoms with van der Waals surface area (Å²) in [5.41, 5.74) is -9.60. The molecule has 1 saturated carbocycles. The van der Waals surface area contributed by atoms with Crippen molar-refractivity contribution in [3.63, 3.8) is 0 Å². The zero-order valence-electron chi connectivity index (χ0n) is 91.1. The normalized spacial score (nSPS) is 25.1. The second kappa shape index (κ2) is 52.1.